The van der Waals surface area contributed by atoms with Crippen LogP contribution in [0.5, 0.6) is 0 Å². The SMILES string of the molecule is Cc1nn(C)c(C)c1CCC(=O)N1CCCC(CNC(=O)C2CCCN2)C1.Cl.Cl. The highest BCUT2D eigenvalue weighted by Crippen LogP contribution is 2.19. The summed E-state index contributed by atoms with van der Waals surface area (Å²) in [6, 6.07) is -0.0303. The number of hydrogen-bond donors (Lipinski definition) is 2. The van der Waals surface area contributed by atoms with E-state index in [-0.39, 0.29) is 42.7 Å². The summed E-state index contributed by atoms with van der Waals surface area (Å²) in [5.41, 5.74) is 3.35. The second kappa shape index (κ2) is 11.8. The number of amides is 2. The Hall–Kier alpha value is -1.31. The lowest BCUT2D eigenvalue weighted by molar-refractivity contribution is -0.132. The van der Waals surface area contributed by atoms with Gasteiger partial charge in [0, 0.05) is 38.8 Å². The van der Waals surface area contributed by atoms with E-state index in [2.05, 4.69) is 22.7 Å². The van der Waals surface area contributed by atoms with Crippen molar-refractivity contribution in [2.24, 2.45) is 13.0 Å². The van der Waals surface area contributed by atoms with Crippen molar-refractivity contribution in [1.29, 1.82) is 0 Å². The molecule has 9 heteroatoms. The molecule has 29 heavy (non-hydrogen) atoms. The zero-order valence-corrected chi connectivity index (χ0v) is 19.3. The molecule has 2 atom stereocenters. The van der Waals surface area contributed by atoms with Crippen molar-refractivity contribution in [3.05, 3.63) is 17.0 Å². The Morgan fingerprint density at radius 1 is 1.21 bits per heavy atom. The molecule has 2 aliphatic heterocycles. The Morgan fingerprint density at radius 2 is 1.97 bits per heavy atom. The highest BCUT2D eigenvalue weighted by atomic mass is 35.5. The van der Waals surface area contributed by atoms with Crippen molar-refractivity contribution in [3.63, 3.8) is 0 Å². The van der Waals surface area contributed by atoms with Crippen LogP contribution in [-0.2, 0) is 23.1 Å². The van der Waals surface area contributed by atoms with Crippen LogP contribution in [0.25, 0.3) is 0 Å². The number of likely N-dealkylation sites (tertiary alicyclic amines) is 1. The third-order valence-electron chi connectivity index (χ3n) is 6.06. The molecule has 166 valence electrons. The topological polar surface area (TPSA) is 79.3 Å². The molecule has 0 aromatic carbocycles. The molecular formula is C20H35Cl2N5O2. The number of carbonyl (C=O) groups excluding carboxylic acids is 2. The molecule has 0 spiro atoms. The van der Waals surface area contributed by atoms with Crippen molar-refractivity contribution in [2.75, 3.05) is 26.2 Å². The molecule has 2 N–H and O–H groups in total. The van der Waals surface area contributed by atoms with Gasteiger partial charge < -0.3 is 15.5 Å². The molecule has 1 aromatic heterocycles. The maximum Gasteiger partial charge on any atom is 0.237 e. The number of aryl methyl sites for hydroxylation is 2. The number of halogens is 2. The number of nitrogens with zero attached hydrogens (tertiary/aromatic N) is 3. The summed E-state index contributed by atoms with van der Waals surface area (Å²) in [4.78, 5) is 26.8. The fraction of sp³-hybridized carbons (Fsp3) is 0.750. The van der Waals surface area contributed by atoms with Gasteiger partial charge in [-0.15, -0.1) is 24.8 Å². The van der Waals surface area contributed by atoms with Gasteiger partial charge in [-0.2, -0.15) is 5.10 Å². The average molecular weight is 448 g/mol. The third-order valence-corrected chi connectivity index (χ3v) is 6.06. The summed E-state index contributed by atoms with van der Waals surface area (Å²) >= 11 is 0. The van der Waals surface area contributed by atoms with Crippen LogP contribution in [0, 0.1) is 19.8 Å². The van der Waals surface area contributed by atoms with Gasteiger partial charge in [0.25, 0.3) is 0 Å². The monoisotopic (exact) mass is 447 g/mol. The van der Waals surface area contributed by atoms with Crippen molar-refractivity contribution in [1.82, 2.24) is 25.3 Å². The van der Waals surface area contributed by atoms with E-state index < -0.39 is 0 Å². The van der Waals surface area contributed by atoms with Gasteiger partial charge in [0.2, 0.25) is 11.8 Å². The fourth-order valence-electron chi connectivity index (χ4n) is 4.30. The van der Waals surface area contributed by atoms with Gasteiger partial charge in [0.05, 0.1) is 11.7 Å². The van der Waals surface area contributed by atoms with Crippen LogP contribution < -0.4 is 10.6 Å². The number of aromatic nitrogens is 2. The first-order valence-electron chi connectivity index (χ1n) is 10.2. The first-order chi connectivity index (χ1) is 13.0. The minimum Gasteiger partial charge on any atom is -0.354 e. The van der Waals surface area contributed by atoms with Crippen LogP contribution in [-0.4, -0.2) is 58.7 Å². The maximum atomic E-state index is 12.7. The summed E-state index contributed by atoms with van der Waals surface area (Å²) < 4.78 is 1.88. The van der Waals surface area contributed by atoms with Gasteiger partial charge in [-0.05, 0) is 64.0 Å². The zero-order valence-electron chi connectivity index (χ0n) is 17.7. The van der Waals surface area contributed by atoms with Gasteiger partial charge in [0.15, 0.2) is 0 Å². The van der Waals surface area contributed by atoms with Crippen LogP contribution in [0.15, 0.2) is 0 Å². The molecule has 1 aromatic rings. The molecule has 0 aliphatic carbocycles. The van der Waals surface area contributed by atoms with Gasteiger partial charge in [0.1, 0.15) is 0 Å². The quantitative estimate of drug-likeness (QED) is 0.697. The fourth-order valence-corrected chi connectivity index (χ4v) is 4.30. The molecule has 0 saturated carbocycles. The standard InChI is InChI=1S/C20H33N5O2.2ClH/c1-14-17(15(2)24(3)23-14)8-9-19(26)25-11-5-6-16(13-25)12-22-20(27)18-7-4-10-21-18;;/h16,18,21H,4-13H2,1-3H3,(H,22,27);2*1H. The first kappa shape index (κ1) is 25.7. The van der Waals surface area contributed by atoms with Gasteiger partial charge >= 0.3 is 0 Å². The summed E-state index contributed by atoms with van der Waals surface area (Å²) in [5, 5.41) is 10.7. The van der Waals surface area contributed by atoms with Gasteiger partial charge in [-0.3, -0.25) is 14.3 Å². The molecule has 3 heterocycles. The molecular weight excluding hydrogens is 413 g/mol. The smallest absolute Gasteiger partial charge is 0.237 e. The molecule has 2 aliphatic rings. The van der Waals surface area contributed by atoms with Crippen LogP contribution in [0.3, 0.4) is 0 Å². The van der Waals surface area contributed by atoms with E-state index >= 15 is 0 Å². The lowest BCUT2D eigenvalue weighted by atomic mass is 9.97. The van der Waals surface area contributed by atoms with E-state index in [1.165, 1.54) is 5.56 Å². The lowest BCUT2D eigenvalue weighted by Gasteiger charge is -2.33. The average Bonchev–Trinajstić information content (AvgIpc) is 3.28. The van der Waals surface area contributed by atoms with Crippen molar-refractivity contribution in [2.45, 2.75) is 58.4 Å². The molecule has 0 radical (unpaired) electrons. The molecule has 2 saturated heterocycles. The molecule has 2 fully saturated rings. The second-order valence-corrected chi connectivity index (χ2v) is 8.02. The zero-order chi connectivity index (χ0) is 19.4. The molecule has 3 rings (SSSR count). The Labute approximate surface area is 186 Å². The number of piperidine rings is 1. The summed E-state index contributed by atoms with van der Waals surface area (Å²) in [7, 11) is 1.94. The highest BCUT2D eigenvalue weighted by molar-refractivity contribution is 5.85. The molecule has 7 nitrogen and oxygen atoms in total. The van der Waals surface area contributed by atoms with E-state index in [0.29, 0.717) is 18.9 Å². The largest absolute Gasteiger partial charge is 0.354 e. The summed E-state index contributed by atoms with van der Waals surface area (Å²) in [5.74, 6) is 0.680. The van der Waals surface area contributed by atoms with Crippen molar-refractivity contribution >= 4 is 36.6 Å². The maximum absolute atomic E-state index is 12.7. The molecule has 0 bridgehead atoms. The summed E-state index contributed by atoms with van der Waals surface area (Å²) in [6.45, 7) is 7.24. The minimum absolute atomic E-state index is 0. The van der Waals surface area contributed by atoms with Crippen LogP contribution in [0.1, 0.15) is 49.1 Å². The second-order valence-electron chi connectivity index (χ2n) is 8.02. The predicted molar refractivity (Wildman–Crippen MR) is 119 cm³/mol. The Morgan fingerprint density at radius 3 is 2.59 bits per heavy atom. The van der Waals surface area contributed by atoms with E-state index in [0.717, 1.165) is 63.1 Å². The molecule has 2 amide bonds. The van der Waals surface area contributed by atoms with E-state index in [1.54, 1.807) is 0 Å². The number of carbonyl (C=O) groups is 2. The molecule has 2 unspecified atom stereocenters. The van der Waals surface area contributed by atoms with Crippen LogP contribution >= 0.6 is 24.8 Å². The number of hydrogen-bond acceptors (Lipinski definition) is 4. The van der Waals surface area contributed by atoms with Crippen molar-refractivity contribution < 1.29 is 9.59 Å². The van der Waals surface area contributed by atoms with E-state index in [1.807, 2.05) is 23.6 Å². The van der Waals surface area contributed by atoms with Crippen molar-refractivity contribution in [3.8, 4) is 0 Å². The van der Waals surface area contributed by atoms with Gasteiger partial charge in [-0.1, -0.05) is 0 Å². The predicted octanol–water partition coefficient (Wildman–Crippen LogP) is 1.92. The number of nitrogens with one attached hydrogen (secondary N) is 2. The Bertz CT molecular complexity index is 689. The Kier molecular flexibility index (Phi) is 10.4. The third kappa shape index (κ3) is 6.59. The normalized spacial score (nSPS) is 21.3. The number of rotatable bonds is 6. The lowest BCUT2D eigenvalue weighted by Crippen LogP contribution is -2.46. The van der Waals surface area contributed by atoms with Crippen LogP contribution in [0.2, 0.25) is 0 Å². The Balaban J connectivity index is 0.00000210. The van der Waals surface area contributed by atoms with Crippen LogP contribution in [0.4, 0.5) is 0 Å². The first-order valence-corrected chi connectivity index (χ1v) is 10.2. The summed E-state index contributed by atoms with van der Waals surface area (Å²) in [6.07, 6.45) is 5.35. The van der Waals surface area contributed by atoms with E-state index in [4.69, 9.17) is 0 Å². The van der Waals surface area contributed by atoms with E-state index in [9.17, 15) is 9.59 Å². The minimum atomic E-state index is -0.0303. The van der Waals surface area contributed by atoms with Gasteiger partial charge in [-0.25, -0.2) is 0 Å². The highest BCUT2D eigenvalue weighted by Gasteiger charge is 2.26.